The number of methoxy groups -OCH3 is 1. The van der Waals surface area contributed by atoms with Gasteiger partial charge < -0.3 is 14.2 Å². The fourth-order valence-corrected chi connectivity index (χ4v) is 5.18. The Balaban J connectivity index is 1.55. The number of halogens is 1. The van der Waals surface area contributed by atoms with E-state index in [1.54, 1.807) is 18.2 Å². The molecule has 1 aliphatic heterocycles. The molecule has 0 spiro atoms. The third-order valence-electron chi connectivity index (χ3n) is 4.75. The van der Waals surface area contributed by atoms with Crippen LogP contribution in [0.2, 0.25) is 0 Å². The summed E-state index contributed by atoms with van der Waals surface area (Å²) in [5.74, 6) is -0.302. The van der Waals surface area contributed by atoms with Gasteiger partial charge in [0.2, 0.25) is 0 Å². The lowest BCUT2D eigenvalue weighted by Crippen LogP contribution is -2.19. The summed E-state index contributed by atoms with van der Waals surface area (Å²) in [5, 5.41) is 13.9. The molecule has 3 aromatic rings. The van der Waals surface area contributed by atoms with Gasteiger partial charge in [-0.2, -0.15) is 8.42 Å². The normalized spacial score (nSPS) is 15.7. The fraction of sp³-hybridized carbons (Fsp3) is 0.0435. The average Bonchev–Trinajstić information content (AvgIpc) is 3.19. The van der Waals surface area contributed by atoms with Gasteiger partial charge in [-0.3, -0.25) is 14.9 Å². The molecule has 10 nitrogen and oxygen atoms in total. The van der Waals surface area contributed by atoms with Crippen LogP contribution >= 0.6 is 27.7 Å². The van der Waals surface area contributed by atoms with E-state index >= 15 is 0 Å². The van der Waals surface area contributed by atoms with Crippen molar-refractivity contribution in [3.05, 3.63) is 91.8 Å². The fourth-order valence-electron chi connectivity index (χ4n) is 3.03. The van der Waals surface area contributed by atoms with Crippen molar-refractivity contribution in [2.45, 2.75) is 4.90 Å². The highest BCUT2D eigenvalue weighted by Gasteiger charge is 2.25. The Morgan fingerprint density at radius 3 is 2.47 bits per heavy atom. The average molecular weight is 590 g/mol. The van der Waals surface area contributed by atoms with E-state index in [-0.39, 0.29) is 28.0 Å². The number of amides is 1. The summed E-state index contributed by atoms with van der Waals surface area (Å²) in [6.45, 7) is 0. The maximum atomic E-state index is 12.6. The maximum Gasteiger partial charge on any atom is 0.339 e. The lowest BCUT2D eigenvalue weighted by molar-refractivity contribution is -0.384. The zero-order chi connectivity index (χ0) is 25.9. The van der Waals surface area contributed by atoms with Gasteiger partial charge in [-0.25, -0.2) is 4.99 Å². The quantitative estimate of drug-likeness (QED) is 0.175. The van der Waals surface area contributed by atoms with E-state index in [0.717, 1.165) is 40.5 Å². The van der Waals surface area contributed by atoms with Crippen molar-refractivity contribution >= 4 is 66.3 Å². The summed E-state index contributed by atoms with van der Waals surface area (Å²) < 4.78 is 36.5. The van der Waals surface area contributed by atoms with Crippen molar-refractivity contribution in [3.8, 4) is 11.5 Å². The number of rotatable bonds is 7. The third kappa shape index (κ3) is 5.75. The van der Waals surface area contributed by atoms with E-state index in [1.165, 1.54) is 19.2 Å². The summed E-state index contributed by atoms with van der Waals surface area (Å²) in [6, 6.07) is 16.1. The van der Waals surface area contributed by atoms with Gasteiger partial charge in [0.25, 0.3) is 11.6 Å². The van der Waals surface area contributed by atoms with Gasteiger partial charge in [-0.05, 0) is 75.7 Å². The van der Waals surface area contributed by atoms with E-state index in [2.05, 4.69) is 26.2 Å². The molecule has 1 N–H and O–H groups in total. The number of nitro benzene ring substituents is 1. The molecule has 36 heavy (non-hydrogen) atoms. The van der Waals surface area contributed by atoms with Crippen molar-refractivity contribution < 1.29 is 27.1 Å². The van der Waals surface area contributed by atoms with Gasteiger partial charge >= 0.3 is 10.1 Å². The van der Waals surface area contributed by atoms with Gasteiger partial charge in [0.1, 0.15) is 4.90 Å². The van der Waals surface area contributed by atoms with Crippen LogP contribution < -0.4 is 14.2 Å². The topological polar surface area (TPSA) is 137 Å². The van der Waals surface area contributed by atoms with E-state index in [4.69, 9.17) is 8.92 Å². The number of thioether (sulfide) groups is 1. The van der Waals surface area contributed by atoms with E-state index < -0.39 is 15.0 Å². The molecule has 0 unspecified atom stereocenters. The van der Waals surface area contributed by atoms with Gasteiger partial charge in [0, 0.05) is 16.6 Å². The van der Waals surface area contributed by atoms with Gasteiger partial charge in [0.15, 0.2) is 16.7 Å². The lowest BCUT2D eigenvalue weighted by atomic mass is 10.2. The highest BCUT2D eigenvalue weighted by molar-refractivity contribution is 9.10. The van der Waals surface area contributed by atoms with Crippen molar-refractivity contribution in [1.82, 2.24) is 5.32 Å². The van der Waals surface area contributed by atoms with E-state index in [9.17, 15) is 23.3 Å². The summed E-state index contributed by atoms with van der Waals surface area (Å²) in [6.07, 6.45) is 1.61. The number of hydrogen-bond acceptors (Lipinski definition) is 9. The highest BCUT2D eigenvalue weighted by Crippen LogP contribution is 2.34. The molecule has 0 aliphatic carbocycles. The molecule has 1 fully saturated rings. The summed E-state index contributed by atoms with van der Waals surface area (Å²) >= 11 is 4.57. The van der Waals surface area contributed by atoms with Crippen LogP contribution in [0.5, 0.6) is 11.5 Å². The Morgan fingerprint density at radius 1 is 1.08 bits per heavy atom. The highest BCUT2D eigenvalue weighted by atomic mass is 79.9. The first-order valence-electron chi connectivity index (χ1n) is 10.1. The molecule has 1 saturated heterocycles. The van der Waals surface area contributed by atoms with Gasteiger partial charge in [-0.1, -0.05) is 18.2 Å². The summed E-state index contributed by atoms with van der Waals surface area (Å²) in [5.41, 5.74) is 0.980. The zero-order valence-electron chi connectivity index (χ0n) is 18.4. The molecule has 0 atom stereocenters. The summed E-state index contributed by atoms with van der Waals surface area (Å²) in [4.78, 5) is 27.2. The molecular formula is C23H16BrN3O7S2. The zero-order valence-corrected chi connectivity index (χ0v) is 21.6. The van der Waals surface area contributed by atoms with Crippen LogP contribution in [-0.2, 0) is 14.9 Å². The van der Waals surface area contributed by atoms with Crippen molar-refractivity contribution in [2.24, 2.45) is 4.99 Å². The smallest absolute Gasteiger partial charge is 0.339 e. The van der Waals surface area contributed by atoms with Crippen LogP contribution in [0.4, 0.5) is 11.4 Å². The lowest BCUT2D eigenvalue weighted by Gasteiger charge is -2.11. The number of aliphatic imine (C=N–C) groups is 1. The van der Waals surface area contributed by atoms with Crippen LogP contribution in [0.1, 0.15) is 5.56 Å². The number of nitro groups is 1. The van der Waals surface area contributed by atoms with Crippen molar-refractivity contribution in [1.29, 1.82) is 0 Å². The maximum absolute atomic E-state index is 12.6. The van der Waals surface area contributed by atoms with E-state index in [1.807, 2.05) is 18.2 Å². The molecule has 184 valence electrons. The minimum absolute atomic E-state index is 0.0855. The number of amidine groups is 1. The molecule has 3 aromatic carbocycles. The summed E-state index contributed by atoms with van der Waals surface area (Å²) in [7, 11) is -2.93. The number of carbonyl (C=O) groups is 1. The molecular weight excluding hydrogens is 574 g/mol. The van der Waals surface area contributed by atoms with Crippen LogP contribution in [0.25, 0.3) is 6.08 Å². The minimum atomic E-state index is -4.28. The predicted octanol–water partition coefficient (Wildman–Crippen LogP) is 5.03. The van der Waals surface area contributed by atoms with Crippen LogP contribution in [0, 0.1) is 10.1 Å². The van der Waals surface area contributed by atoms with Gasteiger partial charge in [0.05, 0.1) is 22.6 Å². The first kappa shape index (κ1) is 25.4. The number of ether oxygens (including phenoxy) is 1. The van der Waals surface area contributed by atoms with Crippen LogP contribution in [-0.4, -0.2) is 31.5 Å². The van der Waals surface area contributed by atoms with E-state index in [0.29, 0.717) is 21.3 Å². The van der Waals surface area contributed by atoms with Gasteiger partial charge in [-0.15, -0.1) is 0 Å². The number of nitrogens with zero attached hydrogens (tertiary/aromatic N) is 2. The molecule has 13 heteroatoms. The number of para-hydroxylation sites is 1. The molecule has 0 aromatic heterocycles. The molecule has 0 bridgehead atoms. The Kier molecular flexibility index (Phi) is 7.43. The predicted molar refractivity (Wildman–Crippen MR) is 139 cm³/mol. The van der Waals surface area contributed by atoms with Crippen LogP contribution in [0.3, 0.4) is 0 Å². The first-order valence-corrected chi connectivity index (χ1v) is 13.1. The molecule has 1 heterocycles. The molecule has 4 rings (SSSR count). The molecule has 0 radical (unpaired) electrons. The Labute approximate surface area is 218 Å². The second-order valence-corrected chi connectivity index (χ2v) is 10.6. The third-order valence-corrected chi connectivity index (χ3v) is 7.58. The molecule has 1 aliphatic rings. The van der Waals surface area contributed by atoms with Crippen molar-refractivity contribution in [3.63, 3.8) is 0 Å². The monoisotopic (exact) mass is 589 g/mol. The Bertz CT molecular complexity index is 1520. The minimum Gasteiger partial charge on any atom is -0.493 e. The first-order chi connectivity index (χ1) is 17.2. The Morgan fingerprint density at radius 2 is 1.81 bits per heavy atom. The molecule has 1 amide bonds. The second-order valence-electron chi connectivity index (χ2n) is 7.13. The Hall–Kier alpha value is -3.68. The SMILES string of the molecule is COc1cc(/C=C2/SC(=Nc3ccccc3Br)NC2=O)ccc1OS(=O)(=O)c1ccc([N+](=O)[O-])cc1. The number of nitrogens with one attached hydrogen (secondary N) is 1. The van der Waals surface area contributed by atoms with Crippen molar-refractivity contribution in [2.75, 3.05) is 7.11 Å². The number of carbonyl (C=O) groups excluding carboxylic acids is 1. The number of hydrogen-bond donors (Lipinski definition) is 1. The van der Waals surface area contributed by atoms with Crippen LogP contribution in [0.15, 0.2) is 86.0 Å². The largest absolute Gasteiger partial charge is 0.493 e. The number of non-ortho nitro benzene ring substituents is 1. The standard InChI is InChI=1S/C23H16BrN3O7S2/c1-33-20-12-14(13-21-22(28)26-23(35-21)25-18-5-3-2-4-17(18)24)6-11-19(20)34-36(31,32)16-9-7-15(8-10-16)27(29)30/h2-13H,1H3,(H,25,26,28)/b21-13+. The number of benzene rings is 3. The second kappa shape index (κ2) is 10.5. The molecule has 0 saturated carbocycles.